The lowest BCUT2D eigenvalue weighted by molar-refractivity contribution is 0.0951. The van der Waals surface area contributed by atoms with E-state index < -0.39 is 0 Å². The van der Waals surface area contributed by atoms with Crippen LogP contribution in [-0.2, 0) is 0 Å². The highest BCUT2D eigenvalue weighted by atomic mass is 16.1. The number of pyridine rings is 1. The molecule has 3 aromatic heterocycles. The maximum absolute atomic E-state index is 12.4. The second kappa shape index (κ2) is 5.44. The highest BCUT2D eigenvalue weighted by molar-refractivity contribution is 6.02. The normalized spacial score (nSPS) is 11.2. The Hall–Kier alpha value is -2.56. The standard InChI is InChI=1S/C16H18N4O/c1-11(2)10-17-16(21)12-9-15(13-6-7-18-19-13)20-8-4-3-5-14(12)20/h3-9,11H,10H2,1-2H3,(H,17,21)(H,18,19). The fraction of sp³-hybridized carbons (Fsp3) is 0.250. The number of nitrogens with one attached hydrogen (secondary N) is 2. The Balaban J connectivity index is 2.05. The van der Waals surface area contributed by atoms with Crippen LogP contribution in [0.15, 0.2) is 42.7 Å². The number of carbonyl (C=O) groups is 1. The molecule has 1 amide bonds. The maximum atomic E-state index is 12.4. The van der Waals surface area contributed by atoms with Crippen LogP contribution in [0.3, 0.4) is 0 Å². The van der Waals surface area contributed by atoms with Crippen LogP contribution in [-0.4, -0.2) is 27.0 Å². The van der Waals surface area contributed by atoms with Crippen molar-refractivity contribution in [2.75, 3.05) is 6.54 Å². The van der Waals surface area contributed by atoms with Crippen molar-refractivity contribution in [3.05, 3.63) is 48.3 Å². The van der Waals surface area contributed by atoms with Crippen molar-refractivity contribution in [1.29, 1.82) is 0 Å². The lowest BCUT2D eigenvalue weighted by Crippen LogP contribution is -2.27. The summed E-state index contributed by atoms with van der Waals surface area (Å²) in [4.78, 5) is 12.4. The smallest absolute Gasteiger partial charge is 0.253 e. The molecule has 0 aromatic carbocycles. The van der Waals surface area contributed by atoms with E-state index in [2.05, 4.69) is 29.4 Å². The minimum atomic E-state index is -0.0434. The van der Waals surface area contributed by atoms with E-state index in [1.165, 1.54) is 0 Å². The van der Waals surface area contributed by atoms with Gasteiger partial charge in [0.05, 0.1) is 22.5 Å². The summed E-state index contributed by atoms with van der Waals surface area (Å²) in [6.45, 7) is 4.82. The van der Waals surface area contributed by atoms with Crippen LogP contribution >= 0.6 is 0 Å². The molecule has 21 heavy (non-hydrogen) atoms. The molecule has 0 aliphatic carbocycles. The average Bonchev–Trinajstić information content (AvgIpc) is 3.11. The van der Waals surface area contributed by atoms with Gasteiger partial charge in [-0.2, -0.15) is 5.10 Å². The zero-order valence-electron chi connectivity index (χ0n) is 12.1. The Morgan fingerprint density at radius 3 is 2.95 bits per heavy atom. The fourth-order valence-electron chi connectivity index (χ4n) is 2.33. The molecule has 0 unspecified atom stereocenters. The summed E-state index contributed by atoms with van der Waals surface area (Å²) in [6, 6.07) is 9.63. The van der Waals surface area contributed by atoms with Gasteiger partial charge in [-0.25, -0.2) is 0 Å². The molecule has 5 nitrogen and oxygen atoms in total. The van der Waals surface area contributed by atoms with Gasteiger partial charge in [-0.1, -0.05) is 19.9 Å². The first-order chi connectivity index (χ1) is 10.2. The molecule has 0 aliphatic heterocycles. The first kappa shape index (κ1) is 13.4. The minimum Gasteiger partial charge on any atom is -0.352 e. The molecule has 0 aliphatic rings. The Morgan fingerprint density at radius 1 is 1.38 bits per heavy atom. The van der Waals surface area contributed by atoms with Gasteiger partial charge in [0.15, 0.2) is 0 Å². The quantitative estimate of drug-likeness (QED) is 0.773. The van der Waals surface area contributed by atoms with E-state index >= 15 is 0 Å². The summed E-state index contributed by atoms with van der Waals surface area (Å²) in [5, 5.41) is 9.90. The second-order valence-electron chi connectivity index (χ2n) is 5.47. The zero-order chi connectivity index (χ0) is 14.8. The molecule has 108 valence electrons. The lowest BCUT2D eigenvalue weighted by atomic mass is 10.2. The van der Waals surface area contributed by atoms with E-state index in [1.807, 2.05) is 40.9 Å². The number of amides is 1. The summed E-state index contributed by atoms with van der Waals surface area (Å²) in [5.74, 6) is 0.382. The number of carbonyl (C=O) groups excluding carboxylic acids is 1. The van der Waals surface area contributed by atoms with Gasteiger partial charge in [0.2, 0.25) is 0 Å². The van der Waals surface area contributed by atoms with E-state index in [0.717, 1.165) is 16.9 Å². The monoisotopic (exact) mass is 282 g/mol. The van der Waals surface area contributed by atoms with E-state index in [1.54, 1.807) is 6.20 Å². The van der Waals surface area contributed by atoms with Gasteiger partial charge in [-0.15, -0.1) is 0 Å². The van der Waals surface area contributed by atoms with Crippen molar-refractivity contribution in [1.82, 2.24) is 19.9 Å². The van der Waals surface area contributed by atoms with Crippen molar-refractivity contribution >= 4 is 11.4 Å². The van der Waals surface area contributed by atoms with Crippen LogP contribution in [0, 0.1) is 5.92 Å². The number of fused-ring (bicyclic) bond motifs is 1. The summed E-state index contributed by atoms with van der Waals surface area (Å²) in [5.41, 5.74) is 3.39. The molecule has 0 fully saturated rings. The number of nitrogens with zero attached hydrogens (tertiary/aromatic N) is 2. The Morgan fingerprint density at radius 2 is 2.24 bits per heavy atom. The van der Waals surface area contributed by atoms with Crippen molar-refractivity contribution in [3.8, 4) is 11.4 Å². The van der Waals surface area contributed by atoms with Crippen molar-refractivity contribution in [2.45, 2.75) is 13.8 Å². The summed E-state index contributed by atoms with van der Waals surface area (Å²) < 4.78 is 2.00. The third kappa shape index (κ3) is 2.54. The molecule has 3 rings (SSSR count). The van der Waals surface area contributed by atoms with Crippen LogP contribution in [0.4, 0.5) is 0 Å². The number of aromatic amines is 1. The number of aromatic nitrogens is 3. The van der Waals surface area contributed by atoms with Crippen LogP contribution < -0.4 is 5.32 Å². The Bertz CT molecular complexity index is 756. The fourth-order valence-corrected chi connectivity index (χ4v) is 2.33. The van der Waals surface area contributed by atoms with Gasteiger partial charge in [0.25, 0.3) is 5.91 Å². The molecule has 0 bridgehead atoms. The second-order valence-corrected chi connectivity index (χ2v) is 5.47. The first-order valence-electron chi connectivity index (χ1n) is 7.05. The van der Waals surface area contributed by atoms with Gasteiger partial charge in [0.1, 0.15) is 0 Å². The number of rotatable bonds is 4. The van der Waals surface area contributed by atoms with Crippen LogP contribution in [0.2, 0.25) is 0 Å². The molecule has 0 spiro atoms. The lowest BCUT2D eigenvalue weighted by Gasteiger charge is -2.06. The molecule has 3 heterocycles. The molecule has 0 radical (unpaired) electrons. The first-order valence-corrected chi connectivity index (χ1v) is 7.05. The van der Waals surface area contributed by atoms with Gasteiger partial charge in [-0.3, -0.25) is 9.89 Å². The SMILES string of the molecule is CC(C)CNC(=O)c1cc(-c2ccn[nH]2)n2ccccc12. The topological polar surface area (TPSA) is 62.2 Å². The van der Waals surface area contributed by atoms with E-state index in [-0.39, 0.29) is 5.91 Å². The molecule has 3 aromatic rings. The summed E-state index contributed by atoms with van der Waals surface area (Å²) >= 11 is 0. The third-order valence-electron chi connectivity index (χ3n) is 3.37. The predicted molar refractivity (Wildman–Crippen MR) is 82.1 cm³/mol. The molecule has 5 heteroatoms. The third-order valence-corrected chi connectivity index (χ3v) is 3.37. The van der Waals surface area contributed by atoms with E-state index in [9.17, 15) is 4.79 Å². The van der Waals surface area contributed by atoms with Gasteiger partial charge in [0, 0.05) is 18.9 Å². The Labute approximate surface area is 123 Å². The molecule has 2 N–H and O–H groups in total. The number of hydrogen-bond donors (Lipinski definition) is 2. The maximum Gasteiger partial charge on any atom is 0.253 e. The summed E-state index contributed by atoms with van der Waals surface area (Å²) in [6.07, 6.45) is 3.65. The molecule has 0 saturated heterocycles. The van der Waals surface area contributed by atoms with E-state index in [0.29, 0.717) is 18.0 Å². The molecular weight excluding hydrogens is 264 g/mol. The number of hydrogen-bond acceptors (Lipinski definition) is 2. The van der Waals surface area contributed by atoms with Gasteiger partial charge >= 0.3 is 0 Å². The van der Waals surface area contributed by atoms with Crippen LogP contribution in [0.25, 0.3) is 16.9 Å². The minimum absolute atomic E-state index is 0.0434. The van der Waals surface area contributed by atoms with Gasteiger partial charge in [-0.05, 0) is 30.2 Å². The highest BCUT2D eigenvalue weighted by Gasteiger charge is 2.16. The van der Waals surface area contributed by atoms with Crippen LogP contribution in [0.5, 0.6) is 0 Å². The van der Waals surface area contributed by atoms with Crippen molar-refractivity contribution in [3.63, 3.8) is 0 Å². The van der Waals surface area contributed by atoms with E-state index in [4.69, 9.17) is 0 Å². The molecular formula is C16H18N4O. The van der Waals surface area contributed by atoms with Crippen molar-refractivity contribution in [2.24, 2.45) is 5.92 Å². The van der Waals surface area contributed by atoms with Crippen LogP contribution in [0.1, 0.15) is 24.2 Å². The van der Waals surface area contributed by atoms with Gasteiger partial charge < -0.3 is 9.72 Å². The van der Waals surface area contributed by atoms with Crippen molar-refractivity contribution < 1.29 is 4.79 Å². The molecule has 0 atom stereocenters. The predicted octanol–water partition coefficient (Wildman–Crippen LogP) is 2.72. The zero-order valence-corrected chi connectivity index (χ0v) is 12.1. The largest absolute Gasteiger partial charge is 0.352 e. The highest BCUT2D eigenvalue weighted by Crippen LogP contribution is 2.24. The number of H-pyrrole nitrogens is 1. The summed E-state index contributed by atoms with van der Waals surface area (Å²) in [7, 11) is 0. The Kier molecular flexibility index (Phi) is 3.48. The molecule has 0 saturated carbocycles. The average molecular weight is 282 g/mol.